The van der Waals surface area contributed by atoms with E-state index in [1.807, 2.05) is 42.2 Å². The second-order valence-corrected chi connectivity index (χ2v) is 8.32. The maximum Gasteiger partial charge on any atom is 0.278 e. The van der Waals surface area contributed by atoms with E-state index < -0.39 is 0 Å². The Morgan fingerprint density at radius 2 is 2.00 bits per heavy atom. The normalized spacial score (nSPS) is 15.2. The number of benzene rings is 1. The van der Waals surface area contributed by atoms with Crippen LogP contribution in [0.1, 0.15) is 11.8 Å². The van der Waals surface area contributed by atoms with Gasteiger partial charge in [0, 0.05) is 11.4 Å². The molecule has 1 aliphatic rings. The minimum atomic E-state index is 0.183. The Labute approximate surface area is 163 Å². The molecule has 2 heterocycles. The zero-order valence-corrected chi connectivity index (χ0v) is 16.5. The molecule has 1 fully saturated rings. The number of anilines is 1. The van der Waals surface area contributed by atoms with E-state index in [-0.39, 0.29) is 5.91 Å². The Kier molecular flexibility index (Phi) is 6.40. The number of nitrogens with zero attached hydrogens (tertiary/aromatic N) is 2. The number of thiophene rings is 1. The van der Waals surface area contributed by atoms with Gasteiger partial charge in [0.05, 0.1) is 42.7 Å². The molecule has 1 aromatic carbocycles. The second-order valence-electron chi connectivity index (χ2n) is 6.52. The van der Waals surface area contributed by atoms with Gasteiger partial charge in [-0.25, -0.2) is 0 Å². The molecule has 0 radical (unpaired) electrons. The van der Waals surface area contributed by atoms with Crippen LogP contribution in [0, 0.1) is 0 Å². The molecular weight excluding hydrogens is 370 g/mol. The minimum absolute atomic E-state index is 0.183. The Morgan fingerprint density at radius 1 is 1.27 bits per heavy atom. The molecule has 0 atom stereocenters. The number of phenols is 1. The van der Waals surface area contributed by atoms with Crippen molar-refractivity contribution in [3.8, 4) is 5.75 Å². The number of halogens is 1. The zero-order valence-electron chi connectivity index (χ0n) is 14.9. The predicted molar refractivity (Wildman–Crippen MR) is 106 cm³/mol. The third-order valence-electron chi connectivity index (χ3n) is 4.80. The van der Waals surface area contributed by atoms with Gasteiger partial charge in [0.25, 0.3) is 5.91 Å². The summed E-state index contributed by atoms with van der Waals surface area (Å²) in [6, 6.07) is 11.3. The Morgan fingerprint density at radius 3 is 2.62 bits per heavy atom. The Hall–Kier alpha value is -1.76. The van der Waals surface area contributed by atoms with E-state index in [1.165, 1.54) is 16.2 Å². The van der Waals surface area contributed by atoms with Crippen LogP contribution in [0.25, 0.3) is 0 Å². The number of quaternary nitrogens is 1. The lowest BCUT2D eigenvalue weighted by Crippen LogP contribution is -3.15. The number of hydrogen-bond donors (Lipinski definition) is 2. The molecule has 1 aliphatic heterocycles. The third-order valence-corrected chi connectivity index (χ3v) is 6.02. The number of rotatable bonds is 6. The Bertz CT molecular complexity index is 744. The number of amides is 1. The van der Waals surface area contributed by atoms with Crippen molar-refractivity contribution in [3.05, 3.63) is 45.6 Å². The number of carbonyl (C=O) groups excluding carboxylic acids is 1. The molecule has 3 rings (SSSR count). The van der Waals surface area contributed by atoms with Gasteiger partial charge in [-0.2, -0.15) is 0 Å². The average Bonchev–Trinajstić information content (AvgIpc) is 3.06. The van der Waals surface area contributed by atoms with E-state index in [4.69, 9.17) is 11.6 Å². The summed E-state index contributed by atoms with van der Waals surface area (Å²) in [7, 11) is 0. The molecule has 2 N–H and O–H groups in total. The lowest BCUT2D eigenvalue weighted by Gasteiger charge is -2.34. The highest BCUT2D eigenvalue weighted by Crippen LogP contribution is 2.26. The first kappa shape index (κ1) is 19.0. The molecule has 1 aromatic heterocycles. The van der Waals surface area contributed by atoms with E-state index in [2.05, 4.69) is 4.90 Å². The summed E-state index contributed by atoms with van der Waals surface area (Å²) >= 11 is 7.51. The summed E-state index contributed by atoms with van der Waals surface area (Å²) in [4.78, 5) is 19.2. The van der Waals surface area contributed by atoms with Gasteiger partial charge in [-0.1, -0.05) is 23.7 Å². The summed E-state index contributed by atoms with van der Waals surface area (Å²) in [5.41, 5.74) is 0.877. The third kappa shape index (κ3) is 4.69. The summed E-state index contributed by atoms with van der Waals surface area (Å²) in [6.45, 7) is 7.32. The molecule has 140 valence electrons. The van der Waals surface area contributed by atoms with E-state index >= 15 is 0 Å². The lowest BCUT2D eigenvalue weighted by atomic mass is 10.2. The van der Waals surface area contributed by atoms with Crippen LogP contribution in [0.2, 0.25) is 4.34 Å². The first-order valence-corrected chi connectivity index (χ1v) is 10.1. The fraction of sp³-hybridized carbons (Fsp3) is 0.421. The number of para-hydroxylation sites is 2. The summed E-state index contributed by atoms with van der Waals surface area (Å²) in [5, 5.41) is 10.0. The second kappa shape index (κ2) is 8.75. The minimum Gasteiger partial charge on any atom is -0.506 e. The van der Waals surface area contributed by atoms with Crippen LogP contribution in [-0.2, 0) is 11.3 Å². The molecule has 1 amide bonds. The van der Waals surface area contributed by atoms with Gasteiger partial charge in [0.2, 0.25) is 0 Å². The quantitative estimate of drug-likeness (QED) is 0.786. The summed E-state index contributed by atoms with van der Waals surface area (Å²) in [5.74, 6) is 0.502. The average molecular weight is 395 g/mol. The van der Waals surface area contributed by atoms with E-state index in [0.29, 0.717) is 25.4 Å². The monoisotopic (exact) mass is 394 g/mol. The molecule has 1 saturated heterocycles. The summed E-state index contributed by atoms with van der Waals surface area (Å²) < 4.78 is 0.759. The molecular formula is C19H25ClN3O2S+. The molecule has 7 heteroatoms. The number of carbonyl (C=O) groups is 1. The molecule has 5 nitrogen and oxygen atoms in total. The van der Waals surface area contributed by atoms with Crippen LogP contribution >= 0.6 is 22.9 Å². The number of likely N-dealkylation sites (N-methyl/N-ethyl adjacent to an activating group) is 1. The van der Waals surface area contributed by atoms with Gasteiger partial charge in [0.1, 0.15) is 5.75 Å². The van der Waals surface area contributed by atoms with Crippen molar-refractivity contribution >= 4 is 34.5 Å². The van der Waals surface area contributed by atoms with Crippen molar-refractivity contribution in [1.29, 1.82) is 0 Å². The highest BCUT2D eigenvalue weighted by Gasteiger charge is 2.25. The van der Waals surface area contributed by atoms with E-state index in [0.717, 1.165) is 41.1 Å². The number of phenolic OH excluding ortho intramolecular Hbond substituents is 1. The largest absolute Gasteiger partial charge is 0.506 e. The first-order valence-electron chi connectivity index (χ1n) is 8.95. The predicted octanol–water partition coefficient (Wildman–Crippen LogP) is 1.86. The zero-order chi connectivity index (χ0) is 18.5. The van der Waals surface area contributed by atoms with Crippen molar-refractivity contribution in [3.63, 3.8) is 0 Å². The first-order chi connectivity index (χ1) is 12.6. The van der Waals surface area contributed by atoms with Gasteiger partial charge in [0.15, 0.2) is 6.54 Å². The van der Waals surface area contributed by atoms with Crippen molar-refractivity contribution in [2.45, 2.75) is 13.5 Å². The fourth-order valence-electron chi connectivity index (χ4n) is 3.30. The topological polar surface area (TPSA) is 48.2 Å². The molecule has 2 aromatic rings. The van der Waals surface area contributed by atoms with Crippen LogP contribution in [-0.4, -0.2) is 55.2 Å². The Balaban J connectivity index is 1.51. The van der Waals surface area contributed by atoms with Gasteiger partial charge in [-0.05, 0) is 31.2 Å². The molecule has 0 spiro atoms. The van der Waals surface area contributed by atoms with Gasteiger partial charge in [-0.3, -0.25) is 4.79 Å². The summed E-state index contributed by atoms with van der Waals surface area (Å²) in [6.07, 6.45) is 0. The highest BCUT2D eigenvalue weighted by atomic mass is 35.5. The maximum absolute atomic E-state index is 12.7. The SMILES string of the molecule is CCN(Cc1ccc(Cl)s1)C(=O)C[NH+]1CCN(c2ccccc2O)CC1. The number of aromatic hydroxyl groups is 1. The molecule has 26 heavy (non-hydrogen) atoms. The molecule has 0 unspecified atom stereocenters. The highest BCUT2D eigenvalue weighted by molar-refractivity contribution is 7.16. The molecule has 0 aliphatic carbocycles. The van der Waals surface area contributed by atoms with Gasteiger partial charge >= 0.3 is 0 Å². The number of hydrogen-bond acceptors (Lipinski definition) is 4. The number of piperazine rings is 1. The van der Waals surface area contributed by atoms with Crippen LogP contribution in [0.4, 0.5) is 5.69 Å². The van der Waals surface area contributed by atoms with Crippen LogP contribution in [0.3, 0.4) is 0 Å². The number of nitrogens with one attached hydrogen (secondary N) is 1. The molecule has 0 bridgehead atoms. The van der Waals surface area contributed by atoms with E-state index in [1.54, 1.807) is 6.07 Å². The van der Waals surface area contributed by atoms with Crippen LogP contribution in [0.15, 0.2) is 36.4 Å². The maximum atomic E-state index is 12.7. The molecule has 0 saturated carbocycles. The van der Waals surface area contributed by atoms with Crippen molar-refractivity contribution < 1.29 is 14.8 Å². The van der Waals surface area contributed by atoms with Crippen LogP contribution < -0.4 is 9.80 Å². The smallest absolute Gasteiger partial charge is 0.278 e. The lowest BCUT2D eigenvalue weighted by molar-refractivity contribution is -0.892. The van der Waals surface area contributed by atoms with Crippen LogP contribution in [0.5, 0.6) is 5.75 Å². The van der Waals surface area contributed by atoms with Gasteiger partial charge < -0.3 is 19.8 Å². The van der Waals surface area contributed by atoms with Crippen molar-refractivity contribution in [1.82, 2.24) is 4.90 Å². The fourth-order valence-corrected chi connectivity index (χ4v) is 4.40. The van der Waals surface area contributed by atoms with Crippen molar-refractivity contribution in [2.75, 3.05) is 44.2 Å². The van der Waals surface area contributed by atoms with Crippen molar-refractivity contribution in [2.24, 2.45) is 0 Å². The standard InChI is InChI=1S/C19H24ClN3O2S/c1-2-22(13-15-7-8-18(20)26-15)19(25)14-21-9-11-23(12-10-21)16-5-3-4-6-17(16)24/h3-8,24H,2,9-14H2,1H3/p+1. The van der Waals surface area contributed by atoms with Gasteiger partial charge in [-0.15, -0.1) is 11.3 Å². The van der Waals surface area contributed by atoms with E-state index in [9.17, 15) is 9.90 Å².